The molecule has 21 heavy (non-hydrogen) atoms. The lowest BCUT2D eigenvalue weighted by Crippen LogP contribution is -2.50. The van der Waals surface area contributed by atoms with Gasteiger partial charge in [-0.2, -0.15) is 0 Å². The van der Waals surface area contributed by atoms with E-state index in [1.54, 1.807) is 0 Å². The van der Waals surface area contributed by atoms with Gasteiger partial charge in [-0.1, -0.05) is 0 Å². The van der Waals surface area contributed by atoms with Crippen molar-refractivity contribution in [1.29, 1.82) is 0 Å². The largest absolute Gasteiger partial charge is 0.481 e. The fraction of sp³-hybridized carbons (Fsp3) is 0.867. The Kier molecular flexibility index (Phi) is 5.99. The Balaban J connectivity index is 1.66. The van der Waals surface area contributed by atoms with Crippen molar-refractivity contribution in [1.82, 2.24) is 14.7 Å². The monoisotopic (exact) mass is 297 g/mol. The van der Waals surface area contributed by atoms with E-state index >= 15 is 0 Å². The minimum Gasteiger partial charge on any atom is -0.481 e. The summed E-state index contributed by atoms with van der Waals surface area (Å²) in [6, 6.07) is 0. The summed E-state index contributed by atoms with van der Waals surface area (Å²) >= 11 is 0. The van der Waals surface area contributed by atoms with E-state index in [1.807, 2.05) is 4.90 Å². The number of hydrogen-bond donors (Lipinski definition) is 1. The van der Waals surface area contributed by atoms with Crippen LogP contribution in [0.2, 0.25) is 0 Å². The zero-order valence-electron chi connectivity index (χ0n) is 13.0. The van der Waals surface area contributed by atoms with Gasteiger partial charge in [-0.25, -0.2) is 0 Å². The van der Waals surface area contributed by atoms with E-state index in [4.69, 9.17) is 5.11 Å². The van der Waals surface area contributed by atoms with Crippen LogP contribution in [-0.2, 0) is 9.59 Å². The number of carbonyl (C=O) groups is 2. The average molecular weight is 297 g/mol. The summed E-state index contributed by atoms with van der Waals surface area (Å²) in [5.74, 6) is 0.0471. The zero-order valence-corrected chi connectivity index (χ0v) is 13.0. The van der Waals surface area contributed by atoms with E-state index in [1.165, 1.54) is 0 Å². The first-order valence-electron chi connectivity index (χ1n) is 7.95. The van der Waals surface area contributed by atoms with Gasteiger partial charge in [0.1, 0.15) is 0 Å². The van der Waals surface area contributed by atoms with Crippen LogP contribution < -0.4 is 0 Å². The third kappa shape index (κ3) is 5.28. The number of carboxylic acids is 1. The van der Waals surface area contributed by atoms with Crippen molar-refractivity contribution >= 4 is 11.9 Å². The first kappa shape index (κ1) is 16.2. The van der Waals surface area contributed by atoms with E-state index in [0.29, 0.717) is 12.5 Å². The Bertz CT molecular complexity index is 359. The molecule has 0 unspecified atom stereocenters. The highest BCUT2D eigenvalue weighted by molar-refractivity contribution is 5.78. The van der Waals surface area contributed by atoms with Crippen LogP contribution in [0.1, 0.15) is 25.7 Å². The second-order valence-corrected chi connectivity index (χ2v) is 6.34. The summed E-state index contributed by atoms with van der Waals surface area (Å²) in [6.07, 6.45) is 3.08. The van der Waals surface area contributed by atoms with Gasteiger partial charge in [0, 0.05) is 32.6 Å². The highest BCUT2D eigenvalue weighted by Gasteiger charge is 2.24. The Morgan fingerprint density at radius 1 is 1.05 bits per heavy atom. The fourth-order valence-corrected chi connectivity index (χ4v) is 3.11. The Morgan fingerprint density at radius 2 is 1.67 bits per heavy atom. The maximum absolute atomic E-state index is 12.3. The predicted octanol–water partition coefficient (Wildman–Crippen LogP) is 0.337. The van der Waals surface area contributed by atoms with Gasteiger partial charge < -0.3 is 14.9 Å². The molecule has 6 heteroatoms. The third-order valence-corrected chi connectivity index (χ3v) is 4.69. The molecule has 0 radical (unpaired) electrons. The van der Waals surface area contributed by atoms with Crippen molar-refractivity contribution in [2.75, 3.05) is 52.9 Å². The van der Waals surface area contributed by atoms with Crippen molar-refractivity contribution in [3.05, 3.63) is 0 Å². The lowest BCUT2D eigenvalue weighted by Gasteiger charge is -2.36. The molecule has 2 saturated heterocycles. The molecule has 2 rings (SSSR count). The molecule has 0 saturated carbocycles. The number of piperidine rings is 1. The second-order valence-electron chi connectivity index (χ2n) is 6.34. The Labute approximate surface area is 126 Å². The molecule has 2 heterocycles. The molecule has 0 aromatic rings. The lowest BCUT2D eigenvalue weighted by molar-refractivity contribution is -0.137. The van der Waals surface area contributed by atoms with Crippen LogP contribution >= 0.6 is 0 Å². The van der Waals surface area contributed by atoms with Crippen LogP contribution in [-0.4, -0.2) is 84.5 Å². The van der Waals surface area contributed by atoms with E-state index in [2.05, 4.69) is 16.8 Å². The number of carbonyl (C=O) groups excluding carboxylic acids is 1. The maximum Gasteiger partial charge on any atom is 0.303 e. The highest BCUT2D eigenvalue weighted by Crippen LogP contribution is 2.21. The summed E-state index contributed by atoms with van der Waals surface area (Å²) < 4.78 is 0. The molecule has 0 aliphatic carbocycles. The van der Waals surface area contributed by atoms with Crippen LogP contribution in [0.5, 0.6) is 0 Å². The average Bonchev–Trinajstić information content (AvgIpc) is 2.47. The van der Waals surface area contributed by atoms with Crippen molar-refractivity contribution in [2.24, 2.45) is 5.92 Å². The van der Waals surface area contributed by atoms with Crippen molar-refractivity contribution in [3.8, 4) is 0 Å². The summed E-state index contributed by atoms with van der Waals surface area (Å²) in [5.41, 5.74) is 0. The molecule has 2 aliphatic heterocycles. The van der Waals surface area contributed by atoms with Gasteiger partial charge in [-0.3, -0.25) is 14.5 Å². The molecule has 0 aromatic carbocycles. The molecule has 0 bridgehead atoms. The van der Waals surface area contributed by atoms with Crippen LogP contribution in [0, 0.1) is 5.92 Å². The van der Waals surface area contributed by atoms with Crippen molar-refractivity contribution in [2.45, 2.75) is 25.7 Å². The Morgan fingerprint density at radius 3 is 2.24 bits per heavy atom. The molecule has 120 valence electrons. The number of aliphatic carboxylic acids is 1. The van der Waals surface area contributed by atoms with Crippen LogP contribution in [0.15, 0.2) is 0 Å². The Hall–Kier alpha value is -1.14. The van der Waals surface area contributed by atoms with Crippen LogP contribution in [0.4, 0.5) is 0 Å². The van der Waals surface area contributed by atoms with Crippen molar-refractivity contribution < 1.29 is 14.7 Å². The SMILES string of the molecule is CN1CCN(C(=O)CN2CCC(CCC(=O)O)CC2)CC1. The number of likely N-dealkylation sites (tertiary alicyclic amines) is 1. The van der Waals surface area contributed by atoms with E-state index in [-0.39, 0.29) is 12.3 Å². The minimum absolute atomic E-state index is 0.243. The quantitative estimate of drug-likeness (QED) is 0.792. The van der Waals surface area contributed by atoms with E-state index < -0.39 is 5.97 Å². The molecule has 0 spiro atoms. The molecule has 2 fully saturated rings. The summed E-state index contributed by atoms with van der Waals surface area (Å²) in [6.45, 7) is 5.96. The maximum atomic E-state index is 12.3. The molecular weight excluding hydrogens is 270 g/mol. The van der Waals surface area contributed by atoms with Gasteiger partial charge in [0.2, 0.25) is 5.91 Å². The minimum atomic E-state index is -0.706. The van der Waals surface area contributed by atoms with Crippen LogP contribution in [0.25, 0.3) is 0 Å². The number of nitrogens with zero attached hydrogens (tertiary/aromatic N) is 3. The summed E-state index contributed by atoms with van der Waals surface area (Å²) in [5, 5.41) is 8.71. The van der Waals surface area contributed by atoms with E-state index in [9.17, 15) is 9.59 Å². The van der Waals surface area contributed by atoms with Gasteiger partial charge >= 0.3 is 5.97 Å². The molecular formula is C15H27N3O3. The van der Waals surface area contributed by atoms with E-state index in [0.717, 1.165) is 58.5 Å². The lowest BCUT2D eigenvalue weighted by atomic mass is 9.92. The number of amides is 1. The first-order valence-corrected chi connectivity index (χ1v) is 7.95. The zero-order chi connectivity index (χ0) is 15.2. The standard InChI is InChI=1S/C15H27N3O3/c1-16-8-10-18(11-9-16)14(19)12-17-6-4-13(5-7-17)2-3-15(20)21/h13H,2-12H2,1H3,(H,20,21). The van der Waals surface area contributed by atoms with Gasteiger partial charge in [0.25, 0.3) is 0 Å². The number of piperazine rings is 1. The van der Waals surface area contributed by atoms with Gasteiger partial charge in [-0.05, 0) is 45.3 Å². The number of rotatable bonds is 5. The first-order chi connectivity index (χ1) is 10.0. The van der Waals surface area contributed by atoms with Gasteiger partial charge in [-0.15, -0.1) is 0 Å². The number of likely N-dealkylation sites (N-methyl/N-ethyl adjacent to an activating group) is 1. The summed E-state index contributed by atoms with van der Waals surface area (Å²) in [7, 11) is 2.09. The predicted molar refractivity (Wildman–Crippen MR) is 80.1 cm³/mol. The van der Waals surface area contributed by atoms with Gasteiger partial charge in [0.05, 0.1) is 6.54 Å². The highest BCUT2D eigenvalue weighted by atomic mass is 16.4. The molecule has 2 aliphatic rings. The molecule has 0 aromatic heterocycles. The fourth-order valence-electron chi connectivity index (χ4n) is 3.11. The van der Waals surface area contributed by atoms with Crippen LogP contribution in [0.3, 0.4) is 0 Å². The second kappa shape index (κ2) is 7.75. The molecule has 1 N–H and O–H groups in total. The number of hydrogen-bond acceptors (Lipinski definition) is 4. The molecule has 0 atom stereocenters. The normalized spacial score (nSPS) is 22.4. The summed E-state index contributed by atoms with van der Waals surface area (Å²) in [4.78, 5) is 29.3. The molecule has 6 nitrogen and oxygen atoms in total. The number of carboxylic acid groups (broad SMARTS) is 1. The van der Waals surface area contributed by atoms with Gasteiger partial charge in [0.15, 0.2) is 0 Å². The molecule has 1 amide bonds. The smallest absolute Gasteiger partial charge is 0.303 e. The third-order valence-electron chi connectivity index (χ3n) is 4.69. The van der Waals surface area contributed by atoms with Crippen molar-refractivity contribution in [3.63, 3.8) is 0 Å². The topological polar surface area (TPSA) is 64.1 Å².